The van der Waals surface area contributed by atoms with E-state index in [1.54, 1.807) is 11.3 Å². The Bertz CT molecular complexity index is 635. The molecule has 1 aromatic heterocycles. The second kappa shape index (κ2) is 7.24. The summed E-state index contributed by atoms with van der Waals surface area (Å²) in [6, 6.07) is 8.37. The summed E-state index contributed by atoms with van der Waals surface area (Å²) < 4.78 is 5.92. The van der Waals surface area contributed by atoms with E-state index >= 15 is 0 Å². The Labute approximate surface area is 130 Å². The smallest absolute Gasteiger partial charge is 0.125 e. The number of aryl methyl sites for hydroxylation is 3. The van der Waals surface area contributed by atoms with Gasteiger partial charge in [-0.25, -0.2) is 4.98 Å². The number of nitrogens with zero attached hydrogens (tertiary/aromatic N) is 2. The molecule has 0 aliphatic heterocycles. The van der Waals surface area contributed by atoms with Crippen molar-refractivity contribution in [3.8, 4) is 11.8 Å². The fraction of sp³-hybridized carbons (Fsp3) is 0.412. The molecule has 1 heterocycles. The first-order valence-electron chi connectivity index (χ1n) is 7.19. The molecule has 0 radical (unpaired) electrons. The van der Waals surface area contributed by atoms with Crippen molar-refractivity contribution in [1.82, 2.24) is 4.98 Å². The summed E-state index contributed by atoms with van der Waals surface area (Å²) in [5.74, 6) is 0.974. The number of rotatable bonds is 6. The molecule has 0 saturated heterocycles. The van der Waals surface area contributed by atoms with E-state index < -0.39 is 0 Å². The minimum atomic E-state index is 0.457. The van der Waals surface area contributed by atoms with Crippen LogP contribution in [0.1, 0.15) is 33.6 Å². The number of aromatic nitrogens is 1. The zero-order chi connectivity index (χ0) is 15.2. The first-order chi connectivity index (χ1) is 10.2. The Morgan fingerprint density at radius 3 is 2.62 bits per heavy atom. The van der Waals surface area contributed by atoms with E-state index in [9.17, 15) is 0 Å². The predicted octanol–water partition coefficient (Wildman–Crippen LogP) is 4.01. The van der Waals surface area contributed by atoms with Crippen LogP contribution in [-0.4, -0.2) is 11.6 Å². The van der Waals surface area contributed by atoms with Gasteiger partial charge in [-0.2, -0.15) is 5.26 Å². The highest BCUT2D eigenvalue weighted by Gasteiger charge is 2.10. The Morgan fingerprint density at radius 2 is 2.00 bits per heavy atom. The normalized spacial score (nSPS) is 10.4. The van der Waals surface area contributed by atoms with Crippen LogP contribution in [0.5, 0.6) is 5.75 Å². The molecule has 4 heteroatoms. The van der Waals surface area contributed by atoms with Crippen LogP contribution < -0.4 is 4.74 Å². The lowest BCUT2D eigenvalue weighted by Crippen LogP contribution is -2.03. The van der Waals surface area contributed by atoms with Crippen LogP contribution in [0.3, 0.4) is 0 Å². The molecule has 0 spiro atoms. The summed E-state index contributed by atoms with van der Waals surface area (Å²) in [5, 5.41) is 9.90. The lowest BCUT2D eigenvalue weighted by Gasteiger charge is -2.10. The Morgan fingerprint density at radius 1 is 1.29 bits per heavy atom. The van der Waals surface area contributed by atoms with Crippen LogP contribution >= 0.6 is 11.3 Å². The SMILES string of the molecule is CCc1nc(CCOc2c(C)cccc2C)sc1CC#N. The molecular weight excluding hydrogens is 280 g/mol. The van der Waals surface area contributed by atoms with E-state index in [0.29, 0.717) is 13.0 Å². The average Bonchev–Trinajstić information content (AvgIpc) is 2.85. The van der Waals surface area contributed by atoms with E-state index in [0.717, 1.165) is 45.3 Å². The van der Waals surface area contributed by atoms with E-state index in [1.165, 1.54) is 0 Å². The van der Waals surface area contributed by atoms with Gasteiger partial charge >= 0.3 is 0 Å². The molecule has 0 N–H and O–H groups in total. The molecule has 0 bridgehead atoms. The molecular formula is C17H20N2OS. The summed E-state index contributed by atoms with van der Waals surface area (Å²) in [6.07, 6.45) is 2.13. The van der Waals surface area contributed by atoms with Crippen LogP contribution in [0.2, 0.25) is 0 Å². The van der Waals surface area contributed by atoms with Crippen molar-refractivity contribution < 1.29 is 4.74 Å². The maximum Gasteiger partial charge on any atom is 0.125 e. The maximum atomic E-state index is 8.84. The van der Waals surface area contributed by atoms with Crippen molar-refractivity contribution >= 4 is 11.3 Å². The molecule has 0 amide bonds. The fourth-order valence-corrected chi connectivity index (χ4v) is 3.37. The largest absolute Gasteiger partial charge is 0.493 e. The molecule has 2 aromatic rings. The van der Waals surface area contributed by atoms with Gasteiger partial charge in [0.15, 0.2) is 0 Å². The highest BCUT2D eigenvalue weighted by Crippen LogP contribution is 2.24. The molecule has 2 rings (SSSR count). The van der Waals surface area contributed by atoms with Crippen molar-refractivity contribution in [2.45, 2.75) is 40.0 Å². The first-order valence-corrected chi connectivity index (χ1v) is 8.00. The molecule has 0 unspecified atom stereocenters. The lowest BCUT2D eigenvalue weighted by molar-refractivity contribution is 0.317. The van der Waals surface area contributed by atoms with Gasteiger partial charge in [0, 0.05) is 11.3 Å². The minimum Gasteiger partial charge on any atom is -0.493 e. The third-order valence-corrected chi connectivity index (χ3v) is 4.53. The Kier molecular flexibility index (Phi) is 5.35. The summed E-state index contributed by atoms with van der Waals surface area (Å²) >= 11 is 1.64. The quantitative estimate of drug-likeness (QED) is 0.809. The zero-order valence-corrected chi connectivity index (χ0v) is 13.6. The molecule has 0 aliphatic carbocycles. The van der Waals surface area contributed by atoms with Crippen LogP contribution in [0.15, 0.2) is 18.2 Å². The number of hydrogen-bond acceptors (Lipinski definition) is 4. The minimum absolute atomic E-state index is 0.457. The van der Waals surface area contributed by atoms with Gasteiger partial charge in [0.1, 0.15) is 5.75 Å². The molecule has 0 saturated carbocycles. The van der Waals surface area contributed by atoms with Crippen LogP contribution in [-0.2, 0) is 19.3 Å². The molecule has 3 nitrogen and oxygen atoms in total. The molecule has 110 valence electrons. The summed E-state index contributed by atoms with van der Waals surface area (Å²) in [5.41, 5.74) is 3.38. The Hall–Kier alpha value is -1.86. The third kappa shape index (κ3) is 3.83. The third-order valence-electron chi connectivity index (χ3n) is 3.37. The fourth-order valence-electron chi connectivity index (χ4n) is 2.30. The van der Waals surface area contributed by atoms with Crippen molar-refractivity contribution in [3.05, 3.63) is 44.9 Å². The number of ether oxygens (including phenoxy) is 1. The standard InChI is InChI=1S/C17H20N2OS/c1-4-14-15(8-10-18)21-16(19-14)9-11-20-17-12(2)6-5-7-13(17)3/h5-7H,4,8-9,11H2,1-3H3. The number of hydrogen-bond donors (Lipinski definition) is 0. The number of thiazole rings is 1. The van der Waals surface area contributed by atoms with Gasteiger partial charge in [0.25, 0.3) is 0 Å². The lowest BCUT2D eigenvalue weighted by atomic mass is 10.1. The molecule has 0 fully saturated rings. The highest BCUT2D eigenvalue weighted by atomic mass is 32.1. The van der Waals surface area contributed by atoms with Crippen molar-refractivity contribution in [2.24, 2.45) is 0 Å². The second-order valence-corrected chi connectivity index (χ2v) is 6.15. The zero-order valence-electron chi connectivity index (χ0n) is 12.8. The number of benzene rings is 1. The van der Waals surface area contributed by atoms with Gasteiger partial charge in [0.05, 0.1) is 29.8 Å². The topological polar surface area (TPSA) is 45.9 Å². The van der Waals surface area contributed by atoms with Gasteiger partial charge in [-0.3, -0.25) is 0 Å². The van der Waals surface area contributed by atoms with Crippen LogP contribution in [0, 0.1) is 25.2 Å². The first kappa shape index (κ1) is 15.5. The summed E-state index contributed by atoms with van der Waals surface area (Å²) in [4.78, 5) is 5.71. The highest BCUT2D eigenvalue weighted by molar-refractivity contribution is 7.11. The monoisotopic (exact) mass is 300 g/mol. The maximum absolute atomic E-state index is 8.84. The number of nitriles is 1. The molecule has 0 aliphatic rings. The van der Waals surface area contributed by atoms with E-state index in [-0.39, 0.29) is 0 Å². The van der Waals surface area contributed by atoms with Crippen molar-refractivity contribution in [3.63, 3.8) is 0 Å². The Balaban J connectivity index is 1.99. The number of para-hydroxylation sites is 1. The second-order valence-electron chi connectivity index (χ2n) is 4.99. The molecule has 21 heavy (non-hydrogen) atoms. The average molecular weight is 300 g/mol. The van der Waals surface area contributed by atoms with Crippen molar-refractivity contribution in [1.29, 1.82) is 5.26 Å². The van der Waals surface area contributed by atoms with Crippen molar-refractivity contribution in [2.75, 3.05) is 6.61 Å². The van der Waals surface area contributed by atoms with Gasteiger partial charge in [-0.05, 0) is 31.4 Å². The van der Waals surface area contributed by atoms with Gasteiger partial charge in [-0.1, -0.05) is 25.1 Å². The van der Waals surface area contributed by atoms with Gasteiger partial charge in [0.2, 0.25) is 0 Å². The predicted molar refractivity (Wildman–Crippen MR) is 85.9 cm³/mol. The van der Waals surface area contributed by atoms with E-state index in [4.69, 9.17) is 10.00 Å². The molecule has 0 atom stereocenters. The summed E-state index contributed by atoms with van der Waals surface area (Å²) in [7, 11) is 0. The van der Waals surface area contributed by atoms with Gasteiger partial charge in [-0.15, -0.1) is 11.3 Å². The van der Waals surface area contributed by atoms with E-state index in [2.05, 4.69) is 44.0 Å². The van der Waals surface area contributed by atoms with Crippen LogP contribution in [0.4, 0.5) is 0 Å². The van der Waals surface area contributed by atoms with Crippen LogP contribution in [0.25, 0.3) is 0 Å². The summed E-state index contributed by atoms with van der Waals surface area (Å²) in [6.45, 7) is 6.82. The van der Waals surface area contributed by atoms with E-state index in [1.807, 2.05) is 6.07 Å². The molecule has 1 aromatic carbocycles. The van der Waals surface area contributed by atoms with Gasteiger partial charge < -0.3 is 4.74 Å².